The summed E-state index contributed by atoms with van der Waals surface area (Å²) in [7, 11) is 0. The minimum Gasteiger partial charge on any atom is -0.360 e. The van der Waals surface area contributed by atoms with Crippen LogP contribution in [0.25, 0.3) is 27.6 Å². The Hall–Kier alpha value is -2.12. The predicted octanol–water partition coefficient (Wildman–Crippen LogP) is 4.46. The molecule has 1 saturated heterocycles. The summed E-state index contributed by atoms with van der Waals surface area (Å²) >= 11 is 0. The molecule has 0 N–H and O–H groups in total. The number of ether oxygens (including phenoxy) is 1. The van der Waals surface area contributed by atoms with Gasteiger partial charge in [0.2, 0.25) is 0 Å². The number of benzene rings is 3. The molecule has 0 saturated carbocycles. The predicted molar refractivity (Wildman–Crippen MR) is 78.1 cm³/mol. The third-order valence-corrected chi connectivity index (χ3v) is 4.27. The van der Waals surface area contributed by atoms with E-state index in [1.165, 1.54) is 32.7 Å². The summed E-state index contributed by atoms with van der Waals surface area (Å²) < 4.78 is 5.68. The molecule has 2 atom stereocenters. The summed E-state index contributed by atoms with van der Waals surface area (Å²) in [6.07, 6.45) is 5.04. The van der Waals surface area contributed by atoms with E-state index < -0.39 is 0 Å². The molecular weight excluding hydrogens is 232 g/mol. The number of rotatable bonds is 0. The van der Waals surface area contributed by atoms with Gasteiger partial charge in [0.05, 0.1) is 0 Å². The van der Waals surface area contributed by atoms with Gasteiger partial charge in [-0.3, -0.25) is 0 Å². The van der Waals surface area contributed by atoms with Crippen molar-refractivity contribution in [1.29, 1.82) is 0 Å². The van der Waals surface area contributed by atoms with Crippen LogP contribution in [0.4, 0.5) is 0 Å². The first-order valence-electron chi connectivity index (χ1n) is 6.70. The molecule has 90 valence electrons. The van der Waals surface area contributed by atoms with Gasteiger partial charge in [0.15, 0.2) is 0 Å². The second kappa shape index (κ2) is 3.25. The Balaban J connectivity index is 2.02. The molecule has 2 unspecified atom stereocenters. The van der Waals surface area contributed by atoms with Crippen molar-refractivity contribution in [3.8, 4) is 0 Å². The SMILES string of the molecule is C1=CC2OC2c2ccc3ccc4ccccc4c3c21. The molecule has 0 bridgehead atoms. The van der Waals surface area contributed by atoms with Crippen LogP contribution in [0.3, 0.4) is 0 Å². The van der Waals surface area contributed by atoms with Crippen molar-refractivity contribution in [2.75, 3.05) is 0 Å². The highest BCUT2D eigenvalue weighted by molar-refractivity contribution is 6.11. The van der Waals surface area contributed by atoms with E-state index in [-0.39, 0.29) is 0 Å². The van der Waals surface area contributed by atoms with Gasteiger partial charge in [-0.2, -0.15) is 0 Å². The van der Waals surface area contributed by atoms with E-state index in [2.05, 4.69) is 60.7 Å². The maximum Gasteiger partial charge on any atom is 0.114 e. The van der Waals surface area contributed by atoms with Gasteiger partial charge in [0, 0.05) is 0 Å². The molecule has 19 heavy (non-hydrogen) atoms. The maximum atomic E-state index is 5.68. The van der Waals surface area contributed by atoms with Crippen molar-refractivity contribution in [2.24, 2.45) is 0 Å². The average molecular weight is 244 g/mol. The molecule has 1 aliphatic heterocycles. The van der Waals surface area contributed by atoms with Crippen LogP contribution >= 0.6 is 0 Å². The van der Waals surface area contributed by atoms with Crippen molar-refractivity contribution in [2.45, 2.75) is 12.2 Å². The molecule has 2 aliphatic rings. The normalized spacial score (nSPS) is 23.4. The molecule has 0 spiro atoms. The van der Waals surface area contributed by atoms with E-state index in [0.717, 1.165) is 0 Å². The molecule has 1 aliphatic carbocycles. The standard InChI is InChI=1S/C18H12O/c1-2-4-13-11(3-1)5-6-12-7-8-15-14(17(12)13)9-10-16-18(15)19-16/h1-10,16,18H. The number of fused-ring (bicyclic) bond motifs is 7. The Kier molecular flexibility index (Phi) is 1.67. The van der Waals surface area contributed by atoms with Gasteiger partial charge < -0.3 is 4.74 Å². The second-order valence-corrected chi connectivity index (χ2v) is 5.33. The first kappa shape index (κ1) is 9.76. The fourth-order valence-electron chi connectivity index (χ4n) is 3.28. The smallest absolute Gasteiger partial charge is 0.114 e. The van der Waals surface area contributed by atoms with E-state index in [9.17, 15) is 0 Å². The molecule has 1 nitrogen and oxygen atoms in total. The van der Waals surface area contributed by atoms with Gasteiger partial charge in [-0.1, -0.05) is 60.7 Å². The summed E-state index contributed by atoms with van der Waals surface area (Å²) in [6, 6.07) is 17.5. The van der Waals surface area contributed by atoms with Crippen LogP contribution in [0.15, 0.2) is 54.6 Å². The first-order valence-corrected chi connectivity index (χ1v) is 6.70. The maximum absolute atomic E-state index is 5.68. The molecule has 3 aromatic carbocycles. The Bertz CT molecular complexity index is 860. The summed E-state index contributed by atoms with van der Waals surface area (Å²) in [6.45, 7) is 0. The fourth-order valence-corrected chi connectivity index (χ4v) is 3.28. The van der Waals surface area contributed by atoms with Gasteiger partial charge in [0.1, 0.15) is 12.2 Å². The Morgan fingerprint density at radius 2 is 1.68 bits per heavy atom. The number of hydrogen-bond donors (Lipinski definition) is 0. The zero-order valence-electron chi connectivity index (χ0n) is 10.3. The van der Waals surface area contributed by atoms with Crippen molar-refractivity contribution in [1.82, 2.24) is 0 Å². The lowest BCUT2D eigenvalue weighted by Gasteiger charge is -2.13. The van der Waals surface area contributed by atoms with Crippen molar-refractivity contribution >= 4 is 27.6 Å². The molecule has 5 rings (SSSR count). The van der Waals surface area contributed by atoms with E-state index >= 15 is 0 Å². The van der Waals surface area contributed by atoms with Gasteiger partial charge in [-0.05, 0) is 32.7 Å². The average Bonchev–Trinajstić information content (AvgIpc) is 3.26. The Morgan fingerprint density at radius 3 is 2.68 bits per heavy atom. The zero-order chi connectivity index (χ0) is 12.4. The van der Waals surface area contributed by atoms with E-state index in [1.54, 1.807) is 0 Å². The lowest BCUT2D eigenvalue weighted by atomic mass is 9.89. The minimum atomic E-state index is 0.295. The summed E-state index contributed by atoms with van der Waals surface area (Å²) in [4.78, 5) is 0. The van der Waals surface area contributed by atoms with Crippen molar-refractivity contribution < 1.29 is 4.74 Å². The quantitative estimate of drug-likeness (QED) is 0.420. The van der Waals surface area contributed by atoms with Gasteiger partial charge in [-0.25, -0.2) is 0 Å². The van der Waals surface area contributed by atoms with Crippen LogP contribution < -0.4 is 0 Å². The second-order valence-electron chi connectivity index (χ2n) is 5.33. The van der Waals surface area contributed by atoms with Gasteiger partial charge in [0.25, 0.3) is 0 Å². The third-order valence-electron chi connectivity index (χ3n) is 4.27. The van der Waals surface area contributed by atoms with Crippen LogP contribution in [-0.2, 0) is 4.74 Å². The number of hydrogen-bond acceptors (Lipinski definition) is 1. The fraction of sp³-hybridized carbons (Fsp3) is 0.111. The number of epoxide rings is 1. The molecule has 0 radical (unpaired) electrons. The van der Waals surface area contributed by atoms with E-state index in [1.807, 2.05) is 0 Å². The molecule has 0 aromatic heterocycles. The van der Waals surface area contributed by atoms with Gasteiger partial charge >= 0.3 is 0 Å². The monoisotopic (exact) mass is 244 g/mol. The topological polar surface area (TPSA) is 12.5 Å². The molecule has 1 heterocycles. The molecule has 1 fully saturated rings. The van der Waals surface area contributed by atoms with Crippen LogP contribution in [0.2, 0.25) is 0 Å². The highest BCUT2D eigenvalue weighted by Crippen LogP contribution is 2.47. The molecule has 3 aromatic rings. The lowest BCUT2D eigenvalue weighted by molar-refractivity contribution is 0.395. The molecule has 0 amide bonds. The molecule has 1 heteroatoms. The first-order chi connectivity index (χ1) is 9.42. The van der Waals surface area contributed by atoms with E-state index in [4.69, 9.17) is 4.74 Å². The summed E-state index contributed by atoms with van der Waals surface area (Å²) in [5.74, 6) is 0. The highest BCUT2D eigenvalue weighted by Gasteiger charge is 2.41. The van der Waals surface area contributed by atoms with Crippen LogP contribution in [0.1, 0.15) is 17.2 Å². The largest absolute Gasteiger partial charge is 0.360 e. The van der Waals surface area contributed by atoms with Crippen LogP contribution in [0.5, 0.6) is 0 Å². The molecular formula is C18H12O. The lowest BCUT2D eigenvalue weighted by Crippen LogP contribution is -1.96. The third kappa shape index (κ3) is 1.23. The van der Waals surface area contributed by atoms with Crippen LogP contribution in [-0.4, -0.2) is 6.10 Å². The minimum absolute atomic E-state index is 0.295. The zero-order valence-corrected chi connectivity index (χ0v) is 10.3. The summed E-state index contributed by atoms with van der Waals surface area (Å²) in [5.41, 5.74) is 2.68. The summed E-state index contributed by atoms with van der Waals surface area (Å²) in [5, 5.41) is 5.30. The van der Waals surface area contributed by atoms with Crippen molar-refractivity contribution in [3.63, 3.8) is 0 Å². The van der Waals surface area contributed by atoms with Gasteiger partial charge in [-0.15, -0.1) is 0 Å². The van der Waals surface area contributed by atoms with Crippen molar-refractivity contribution in [3.05, 3.63) is 65.7 Å². The van der Waals surface area contributed by atoms with Crippen LogP contribution in [0, 0.1) is 0 Å². The highest BCUT2D eigenvalue weighted by atomic mass is 16.6. The van der Waals surface area contributed by atoms with E-state index in [0.29, 0.717) is 12.2 Å². The Labute approximate surface area is 111 Å². The Morgan fingerprint density at radius 1 is 0.842 bits per heavy atom.